The lowest BCUT2D eigenvalue weighted by atomic mass is 9.89. The summed E-state index contributed by atoms with van der Waals surface area (Å²) in [6.07, 6.45) is 0.759. The van der Waals surface area contributed by atoms with Gasteiger partial charge in [0.15, 0.2) is 0 Å². The van der Waals surface area contributed by atoms with Crippen LogP contribution in [0.4, 0.5) is 0 Å². The summed E-state index contributed by atoms with van der Waals surface area (Å²) in [6.45, 7) is 1.13. The van der Waals surface area contributed by atoms with Crippen molar-refractivity contribution in [2.75, 3.05) is 6.54 Å². The number of carbonyl (C=O) groups is 1. The molecule has 0 saturated carbocycles. The fourth-order valence-corrected chi connectivity index (χ4v) is 5.26. The van der Waals surface area contributed by atoms with Crippen molar-refractivity contribution < 1.29 is 4.79 Å². The molecule has 6 rings (SSSR count). The van der Waals surface area contributed by atoms with Gasteiger partial charge in [-0.1, -0.05) is 71.7 Å². The van der Waals surface area contributed by atoms with E-state index in [0.29, 0.717) is 28.7 Å². The zero-order valence-electron chi connectivity index (χ0n) is 18.3. The highest BCUT2D eigenvalue weighted by Crippen LogP contribution is 2.38. The van der Waals surface area contributed by atoms with E-state index in [2.05, 4.69) is 36.4 Å². The largest absolute Gasteiger partial charge is 0.334 e. The Balaban J connectivity index is 1.55. The molecule has 34 heavy (non-hydrogen) atoms. The van der Waals surface area contributed by atoms with Crippen molar-refractivity contribution in [2.24, 2.45) is 0 Å². The summed E-state index contributed by atoms with van der Waals surface area (Å²) in [7, 11) is 0. The third-order valence-corrected chi connectivity index (χ3v) is 7.04. The number of fused-ring (bicyclic) bond motifs is 5. The second-order valence-corrected chi connectivity index (χ2v) is 9.47. The number of halogens is 2. The highest BCUT2D eigenvalue weighted by molar-refractivity contribution is 6.31. The standard InChI is InChI=1S/C29H20Cl2N2O/c30-21-11-8-19(9-12-21)28-25-17-33(29(34)20-5-3-6-22(31)16-20)15-14-24(25)27-23-7-2-1-4-18(23)10-13-26(27)32-28/h1-13,16H,14-15,17H2. The molecular weight excluding hydrogens is 463 g/mol. The number of carbonyl (C=O) groups excluding carboxylic acids is 1. The van der Waals surface area contributed by atoms with E-state index in [1.54, 1.807) is 12.1 Å². The van der Waals surface area contributed by atoms with Crippen LogP contribution in [0.2, 0.25) is 10.0 Å². The number of aromatic nitrogens is 1. The molecule has 0 saturated heterocycles. The first-order valence-corrected chi connectivity index (χ1v) is 12.0. The normalized spacial score (nSPS) is 13.3. The summed E-state index contributed by atoms with van der Waals surface area (Å²) >= 11 is 12.3. The highest BCUT2D eigenvalue weighted by atomic mass is 35.5. The third kappa shape index (κ3) is 3.62. The van der Waals surface area contributed by atoms with Gasteiger partial charge in [-0.05, 0) is 59.2 Å². The number of amides is 1. The molecule has 0 unspecified atom stereocenters. The molecule has 0 N–H and O–H groups in total. The number of pyridine rings is 1. The van der Waals surface area contributed by atoms with Gasteiger partial charge in [0, 0.05) is 45.2 Å². The maximum Gasteiger partial charge on any atom is 0.254 e. The first kappa shape index (κ1) is 21.2. The molecule has 0 aliphatic carbocycles. The minimum Gasteiger partial charge on any atom is -0.334 e. The van der Waals surface area contributed by atoms with Gasteiger partial charge in [0.05, 0.1) is 11.2 Å². The van der Waals surface area contributed by atoms with Gasteiger partial charge in [-0.15, -0.1) is 0 Å². The number of nitrogens with zero attached hydrogens (tertiary/aromatic N) is 2. The van der Waals surface area contributed by atoms with E-state index >= 15 is 0 Å². The van der Waals surface area contributed by atoms with Crippen LogP contribution in [0.1, 0.15) is 21.5 Å². The van der Waals surface area contributed by atoms with Crippen LogP contribution in [0.3, 0.4) is 0 Å². The second-order valence-electron chi connectivity index (χ2n) is 8.59. The van der Waals surface area contributed by atoms with Crippen LogP contribution in [0.25, 0.3) is 32.9 Å². The van der Waals surface area contributed by atoms with Crippen LogP contribution < -0.4 is 0 Å². The maximum absolute atomic E-state index is 13.4. The Morgan fingerprint density at radius 1 is 0.824 bits per heavy atom. The average Bonchev–Trinajstić information content (AvgIpc) is 2.87. The van der Waals surface area contributed by atoms with Crippen LogP contribution in [-0.2, 0) is 13.0 Å². The molecule has 1 aliphatic rings. The summed E-state index contributed by atoms with van der Waals surface area (Å²) in [5, 5.41) is 4.81. The molecule has 3 nitrogen and oxygen atoms in total. The Morgan fingerprint density at radius 2 is 1.65 bits per heavy atom. The molecule has 5 aromatic rings. The van der Waals surface area contributed by atoms with Gasteiger partial charge in [-0.3, -0.25) is 4.79 Å². The van der Waals surface area contributed by atoms with Crippen molar-refractivity contribution in [3.63, 3.8) is 0 Å². The number of rotatable bonds is 2. The molecule has 5 heteroatoms. The number of hydrogen-bond acceptors (Lipinski definition) is 2. The molecule has 0 atom stereocenters. The fourth-order valence-electron chi connectivity index (χ4n) is 4.94. The van der Waals surface area contributed by atoms with E-state index in [0.717, 1.165) is 28.8 Å². The molecule has 0 radical (unpaired) electrons. The van der Waals surface area contributed by atoms with Gasteiger partial charge in [0.1, 0.15) is 0 Å². The molecule has 1 aliphatic heterocycles. The second kappa shape index (κ2) is 8.43. The van der Waals surface area contributed by atoms with E-state index in [9.17, 15) is 4.79 Å². The molecule has 4 aromatic carbocycles. The van der Waals surface area contributed by atoms with Gasteiger partial charge >= 0.3 is 0 Å². The van der Waals surface area contributed by atoms with E-state index in [-0.39, 0.29) is 5.91 Å². The maximum atomic E-state index is 13.4. The van der Waals surface area contributed by atoms with Crippen molar-refractivity contribution >= 4 is 50.8 Å². The summed E-state index contributed by atoms with van der Waals surface area (Å²) in [4.78, 5) is 20.4. The topological polar surface area (TPSA) is 33.2 Å². The number of benzene rings is 4. The first-order valence-electron chi connectivity index (χ1n) is 11.2. The monoisotopic (exact) mass is 482 g/mol. The van der Waals surface area contributed by atoms with Gasteiger partial charge in [-0.2, -0.15) is 0 Å². The lowest BCUT2D eigenvalue weighted by molar-refractivity contribution is 0.0735. The van der Waals surface area contributed by atoms with Gasteiger partial charge in [0.25, 0.3) is 5.91 Å². The van der Waals surface area contributed by atoms with E-state index in [4.69, 9.17) is 28.2 Å². The third-order valence-electron chi connectivity index (χ3n) is 6.55. The Labute approximate surface area is 207 Å². The van der Waals surface area contributed by atoms with Gasteiger partial charge in [-0.25, -0.2) is 4.98 Å². The van der Waals surface area contributed by atoms with Gasteiger partial charge < -0.3 is 4.90 Å². The molecule has 1 aromatic heterocycles. The summed E-state index contributed by atoms with van der Waals surface area (Å²) in [6, 6.07) is 27.5. The molecule has 0 fully saturated rings. The quantitative estimate of drug-likeness (QED) is 0.243. The van der Waals surface area contributed by atoms with Gasteiger partial charge in [0.2, 0.25) is 0 Å². The van der Waals surface area contributed by atoms with Crippen molar-refractivity contribution in [1.29, 1.82) is 0 Å². The minimum atomic E-state index is -0.0202. The molecule has 166 valence electrons. The SMILES string of the molecule is O=C(c1cccc(Cl)c1)N1CCc2c(c(-c3ccc(Cl)cc3)nc3ccc4ccccc4c23)C1. The lowest BCUT2D eigenvalue weighted by Gasteiger charge is -2.31. The van der Waals surface area contributed by atoms with Crippen LogP contribution in [0.15, 0.2) is 84.9 Å². The summed E-state index contributed by atoms with van der Waals surface area (Å²) in [5.41, 5.74) is 5.82. The Morgan fingerprint density at radius 3 is 2.47 bits per heavy atom. The zero-order valence-corrected chi connectivity index (χ0v) is 19.8. The van der Waals surface area contributed by atoms with E-state index in [1.807, 2.05) is 41.3 Å². The number of hydrogen-bond donors (Lipinski definition) is 0. The average molecular weight is 483 g/mol. The van der Waals surface area contributed by atoms with Crippen LogP contribution in [0, 0.1) is 0 Å². The highest BCUT2D eigenvalue weighted by Gasteiger charge is 2.27. The van der Waals surface area contributed by atoms with Crippen molar-refractivity contribution in [1.82, 2.24) is 9.88 Å². The molecule has 1 amide bonds. The Bertz CT molecular complexity index is 1580. The summed E-state index contributed by atoms with van der Waals surface area (Å²) < 4.78 is 0. The van der Waals surface area contributed by atoms with E-state index < -0.39 is 0 Å². The van der Waals surface area contributed by atoms with Crippen LogP contribution in [-0.4, -0.2) is 22.3 Å². The first-order chi connectivity index (χ1) is 16.6. The lowest BCUT2D eigenvalue weighted by Crippen LogP contribution is -2.36. The van der Waals surface area contributed by atoms with Crippen molar-refractivity contribution in [3.05, 3.63) is 112 Å². The zero-order chi connectivity index (χ0) is 23.2. The van der Waals surface area contributed by atoms with Crippen molar-refractivity contribution in [3.8, 4) is 11.3 Å². The molecule has 2 heterocycles. The minimum absolute atomic E-state index is 0.0202. The predicted octanol–water partition coefficient (Wildman–Crippen LogP) is 7.56. The van der Waals surface area contributed by atoms with Crippen molar-refractivity contribution in [2.45, 2.75) is 13.0 Å². The van der Waals surface area contributed by atoms with Crippen LogP contribution in [0.5, 0.6) is 0 Å². The molecule has 0 spiro atoms. The predicted molar refractivity (Wildman–Crippen MR) is 140 cm³/mol. The summed E-state index contributed by atoms with van der Waals surface area (Å²) in [5.74, 6) is -0.0202. The van der Waals surface area contributed by atoms with Crippen LogP contribution >= 0.6 is 23.2 Å². The smallest absolute Gasteiger partial charge is 0.254 e. The molecular formula is C29H20Cl2N2O. The molecule has 0 bridgehead atoms. The van der Waals surface area contributed by atoms with E-state index in [1.165, 1.54) is 21.7 Å². The Kier molecular flexibility index (Phi) is 5.24. The Hall–Kier alpha value is -3.40. The fraction of sp³-hybridized carbons (Fsp3) is 0.103.